The quantitative estimate of drug-likeness (QED) is 0.873. The number of benzene rings is 2. The fraction of sp³-hybridized carbons (Fsp3) is 0.263. The molecule has 1 atom stereocenters. The number of hydrogen-bond donors (Lipinski definition) is 2. The molecule has 2 aromatic carbocycles. The Labute approximate surface area is 152 Å². The Hall–Kier alpha value is -2.53. The number of nitrogens with zero attached hydrogens (tertiary/aromatic N) is 1. The Kier molecular flexibility index (Phi) is 5.24. The summed E-state index contributed by atoms with van der Waals surface area (Å²) in [5.74, 6) is 0.193. The molecule has 5 nitrogen and oxygen atoms in total. The Morgan fingerprint density at radius 1 is 1.16 bits per heavy atom. The molecule has 0 bridgehead atoms. The largest absolute Gasteiger partial charge is 0.338 e. The van der Waals surface area contributed by atoms with Gasteiger partial charge in [0.2, 0.25) is 5.91 Å². The molecule has 1 aliphatic heterocycles. The van der Waals surface area contributed by atoms with Gasteiger partial charge in [-0.05, 0) is 43.3 Å². The second kappa shape index (κ2) is 7.57. The molecule has 2 N–H and O–H groups in total. The fourth-order valence-corrected chi connectivity index (χ4v) is 2.96. The minimum absolute atomic E-state index is 0.0914. The molecular weight excluding hydrogens is 338 g/mol. The summed E-state index contributed by atoms with van der Waals surface area (Å²) in [6, 6.07) is 14.5. The molecular formula is C19H20ClN3O2. The third kappa shape index (κ3) is 4.51. The maximum absolute atomic E-state index is 12.2. The highest BCUT2D eigenvalue weighted by Crippen LogP contribution is 2.25. The van der Waals surface area contributed by atoms with Crippen molar-refractivity contribution in [3.63, 3.8) is 0 Å². The maximum atomic E-state index is 12.2. The summed E-state index contributed by atoms with van der Waals surface area (Å²) in [6.07, 6.45) is 0.440. The van der Waals surface area contributed by atoms with Crippen molar-refractivity contribution in [3.8, 4) is 0 Å². The van der Waals surface area contributed by atoms with E-state index in [1.165, 1.54) is 0 Å². The monoisotopic (exact) mass is 357 g/mol. The van der Waals surface area contributed by atoms with Crippen molar-refractivity contribution in [1.82, 2.24) is 5.32 Å². The molecule has 0 unspecified atom stereocenters. The molecule has 6 heteroatoms. The molecule has 3 amide bonds. The van der Waals surface area contributed by atoms with Gasteiger partial charge < -0.3 is 15.5 Å². The average Bonchev–Trinajstić information content (AvgIpc) is 2.97. The van der Waals surface area contributed by atoms with Crippen molar-refractivity contribution in [3.05, 3.63) is 59.1 Å². The van der Waals surface area contributed by atoms with E-state index in [0.29, 0.717) is 30.2 Å². The lowest BCUT2D eigenvalue weighted by atomic mass is 10.1. The maximum Gasteiger partial charge on any atom is 0.319 e. The summed E-state index contributed by atoms with van der Waals surface area (Å²) in [7, 11) is 0. The van der Waals surface area contributed by atoms with E-state index in [4.69, 9.17) is 11.6 Å². The van der Waals surface area contributed by atoms with Crippen LogP contribution in [0.5, 0.6) is 0 Å². The lowest BCUT2D eigenvalue weighted by Crippen LogP contribution is -2.34. The van der Waals surface area contributed by atoms with Crippen LogP contribution in [0, 0.1) is 12.8 Å². The highest BCUT2D eigenvalue weighted by atomic mass is 35.5. The molecule has 1 heterocycles. The van der Waals surface area contributed by atoms with Crippen LogP contribution in [0.4, 0.5) is 16.2 Å². The van der Waals surface area contributed by atoms with Crippen LogP contribution in [0.3, 0.4) is 0 Å². The molecule has 1 saturated heterocycles. The first-order chi connectivity index (χ1) is 12.0. The minimum Gasteiger partial charge on any atom is -0.338 e. The molecule has 0 spiro atoms. The number of anilines is 2. The smallest absolute Gasteiger partial charge is 0.319 e. The van der Waals surface area contributed by atoms with E-state index < -0.39 is 0 Å². The number of nitrogens with one attached hydrogen (secondary N) is 2. The summed E-state index contributed by atoms with van der Waals surface area (Å²) in [5, 5.41) is 6.19. The highest BCUT2D eigenvalue weighted by Gasteiger charge is 2.30. The first-order valence-electron chi connectivity index (χ1n) is 8.19. The number of carbonyl (C=O) groups is 2. The van der Waals surface area contributed by atoms with Gasteiger partial charge in [0.05, 0.1) is 0 Å². The Balaban J connectivity index is 1.50. The van der Waals surface area contributed by atoms with E-state index in [9.17, 15) is 9.59 Å². The van der Waals surface area contributed by atoms with Gasteiger partial charge in [-0.3, -0.25) is 4.79 Å². The molecule has 3 rings (SSSR count). The zero-order chi connectivity index (χ0) is 17.8. The fourth-order valence-electron chi connectivity index (χ4n) is 2.84. The lowest BCUT2D eigenvalue weighted by molar-refractivity contribution is -0.117. The van der Waals surface area contributed by atoms with Gasteiger partial charge in [-0.15, -0.1) is 0 Å². The van der Waals surface area contributed by atoms with E-state index in [1.54, 1.807) is 29.2 Å². The molecule has 0 saturated carbocycles. The van der Waals surface area contributed by atoms with E-state index in [0.717, 1.165) is 11.3 Å². The topological polar surface area (TPSA) is 61.4 Å². The number of carbonyl (C=O) groups excluding carboxylic acids is 2. The van der Waals surface area contributed by atoms with Gasteiger partial charge in [-0.25, -0.2) is 4.79 Å². The van der Waals surface area contributed by atoms with Gasteiger partial charge in [0, 0.05) is 41.8 Å². The van der Waals surface area contributed by atoms with Crippen molar-refractivity contribution in [2.24, 2.45) is 5.92 Å². The third-order valence-electron chi connectivity index (χ3n) is 4.20. The van der Waals surface area contributed by atoms with Crippen LogP contribution in [-0.2, 0) is 4.79 Å². The average molecular weight is 358 g/mol. The summed E-state index contributed by atoms with van der Waals surface area (Å²) < 4.78 is 0. The Morgan fingerprint density at radius 2 is 1.84 bits per heavy atom. The van der Waals surface area contributed by atoms with Crippen molar-refractivity contribution >= 4 is 34.9 Å². The van der Waals surface area contributed by atoms with Crippen molar-refractivity contribution < 1.29 is 9.59 Å². The first kappa shape index (κ1) is 17.3. The summed E-state index contributed by atoms with van der Waals surface area (Å²) >= 11 is 5.82. The zero-order valence-corrected chi connectivity index (χ0v) is 14.7. The molecule has 25 heavy (non-hydrogen) atoms. The van der Waals surface area contributed by atoms with E-state index in [1.807, 2.05) is 31.2 Å². The van der Waals surface area contributed by atoms with Crippen LogP contribution in [0.15, 0.2) is 48.5 Å². The lowest BCUT2D eigenvalue weighted by Gasteiger charge is -2.17. The summed E-state index contributed by atoms with van der Waals surface area (Å²) in [4.78, 5) is 26.0. The Morgan fingerprint density at radius 3 is 2.52 bits per heavy atom. The summed E-state index contributed by atoms with van der Waals surface area (Å²) in [5.41, 5.74) is 2.74. The van der Waals surface area contributed by atoms with Crippen LogP contribution in [0.25, 0.3) is 0 Å². The number of halogens is 1. The standard InChI is InChI=1S/C19H20ClN3O2/c1-13-2-8-17(9-3-13)23-12-14(10-18(23)24)11-21-19(25)22-16-6-4-15(20)5-7-16/h2-9,14H,10-12H2,1H3,(H2,21,22,25)/t14-/m0/s1. The molecule has 2 aromatic rings. The van der Waals surface area contributed by atoms with Gasteiger partial charge in [-0.2, -0.15) is 0 Å². The van der Waals surface area contributed by atoms with Crippen LogP contribution < -0.4 is 15.5 Å². The second-order valence-corrected chi connectivity index (χ2v) is 6.69. The molecule has 1 aliphatic rings. The van der Waals surface area contributed by atoms with E-state index in [2.05, 4.69) is 10.6 Å². The number of rotatable bonds is 4. The third-order valence-corrected chi connectivity index (χ3v) is 4.46. The molecule has 1 fully saturated rings. The van der Waals surface area contributed by atoms with Gasteiger partial charge in [0.15, 0.2) is 0 Å². The molecule has 0 aromatic heterocycles. The number of amides is 3. The van der Waals surface area contributed by atoms with Crippen LogP contribution >= 0.6 is 11.6 Å². The first-order valence-corrected chi connectivity index (χ1v) is 8.56. The number of hydrogen-bond acceptors (Lipinski definition) is 2. The zero-order valence-electron chi connectivity index (χ0n) is 14.0. The molecule has 0 aliphatic carbocycles. The SMILES string of the molecule is Cc1ccc(N2C[C@H](CNC(=O)Nc3ccc(Cl)cc3)CC2=O)cc1. The van der Waals surface area contributed by atoms with E-state index >= 15 is 0 Å². The van der Waals surface area contributed by atoms with Gasteiger partial charge in [-0.1, -0.05) is 29.3 Å². The van der Waals surface area contributed by atoms with Crippen molar-refractivity contribution in [1.29, 1.82) is 0 Å². The van der Waals surface area contributed by atoms with Crippen molar-refractivity contribution in [2.75, 3.05) is 23.3 Å². The molecule has 130 valence electrons. The van der Waals surface area contributed by atoms with Gasteiger partial charge in [0.25, 0.3) is 0 Å². The number of urea groups is 1. The van der Waals surface area contributed by atoms with Gasteiger partial charge in [0.1, 0.15) is 0 Å². The second-order valence-electron chi connectivity index (χ2n) is 6.25. The van der Waals surface area contributed by atoms with E-state index in [-0.39, 0.29) is 17.9 Å². The Bertz CT molecular complexity index is 759. The predicted octanol–water partition coefficient (Wildman–Crippen LogP) is 3.82. The number of aryl methyl sites for hydroxylation is 1. The van der Waals surface area contributed by atoms with Gasteiger partial charge >= 0.3 is 6.03 Å². The van der Waals surface area contributed by atoms with Crippen LogP contribution in [0.2, 0.25) is 5.02 Å². The predicted molar refractivity (Wildman–Crippen MR) is 100 cm³/mol. The summed E-state index contributed by atoms with van der Waals surface area (Å²) in [6.45, 7) is 3.08. The van der Waals surface area contributed by atoms with Crippen LogP contribution in [-0.4, -0.2) is 25.0 Å². The normalized spacial score (nSPS) is 16.8. The minimum atomic E-state index is -0.288. The van der Waals surface area contributed by atoms with Crippen molar-refractivity contribution in [2.45, 2.75) is 13.3 Å². The van der Waals surface area contributed by atoms with Crippen LogP contribution in [0.1, 0.15) is 12.0 Å². The highest BCUT2D eigenvalue weighted by molar-refractivity contribution is 6.30. The molecule has 0 radical (unpaired) electrons.